The largest absolute Gasteiger partial charge is 0.508 e. The van der Waals surface area contributed by atoms with Crippen LogP contribution in [0, 0.1) is 5.82 Å². The summed E-state index contributed by atoms with van der Waals surface area (Å²) < 4.78 is 13.7. The first-order valence-electron chi connectivity index (χ1n) is 6.14. The Bertz CT molecular complexity index is 704. The fraction of sp³-hybridized carbons (Fsp3) is 0.0667. The molecule has 0 heterocycles. The third kappa shape index (κ3) is 3.55. The quantitative estimate of drug-likeness (QED) is 0.758. The van der Waals surface area contributed by atoms with E-state index in [0.29, 0.717) is 5.56 Å². The van der Waals surface area contributed by atoms with Gasteiger partial charge in [0.2, 0.25) is 5.91 Å². The van der Waals surface area contributed by atoms with Gasteiger partial charge < -0.3 is 16.2 Å². The summed E-state index contributed by atoms with van der Waals surface area (Å²) in [6, 6.07) is 10.7. The predicted octanol–water partition coefficient (Wildman–Crippen LogP) is 2.35. The summed E-state index contributed by atoms with van der Waals surface area (Å²) in [4.78, 5) is 11.9. The van der Waals surface area contributed by atoms with Crippen LogP contribution >= 0.6 is 12.2 Å². The molecule has 0 saturated heterocycles. The van der Waals surface area contributed by atoms with Gasteiger partial charge in [-0.05, 0) is 18.2 Å². The molecule has 0 aliphatic rings. The second kappa shape index (κ2) is 6.32. The summed E-state index contributed by atoms with van der Waals surface area (Å²) in [5, 5.41) is 12.2. The van der Waals surface area contributed by atoms with Crippen molar-refractivity contribution in [2.75, 3.05) is 5.32 Å². The molecule has 4 N–H and O–H groups in total. The number of halogens is 1. The van der Waals surface area contributed by atoms with Gasteiger partial charge in [-0.15, -0.1) is 0 Å². The summed E-state index contributed by atoms with van der Waals surface area (Å²) in [6.45, 7) is 0. The van der Waals surface area contributed by atoms with Crippen molar-refractivity contribution >= 4 is 28.8 Å². The number of amides is 1. The zero-order valence-corrected chi connectivity index (χ0v) is 11.8. The molecule has 0 bridgehead atoms. The van der Waals surface area contributed by atoms with Crippen LogP contribution in [0.3, 0.4) is 0 Å². The van der Waals surface area contributed by atoms with E-state index in [1.165, 1.54) is 24.3 Å². The molecule has 0 unspecified atom stereocenters. The smallest absolute Gasteiger partial charge is 0.228 e. The first-order valence-corrected chi connectivity index (χ1v) is 6.55. The number of nitrogens with two attached hydrogens (primary N) is 1. The summed E-state index contributed by atoms with van der Waals surface area (Å²) in [6.07, 6.45) is -0.0417. The number of rotatable bonds is 4. The molecular formula is C15H13FN2O2S. The topological polar surface area (TPSA) is 75.3 Å². The van der Waals surface area contributed by atoms with Crippen LogP contribution in [0.1, 0.15) is 11.1 Å². The lowest BCUT2D eigenvalue weighted by atomic mass is 10.1. The van der Waals surface area contributed by atoms with Gasteiger partial charge in [0.25, 0.3) is 0 Å². The minimum Gasteiger partial charge on any atom is -0.508 e. The number of phenolic OH excluding ortho intramolecular Hbond substituents is 1. The molecule has 0 fully saturated rings. The summed E-state index contributed by atoms with van der Waals surface area (Å²) in [7, 11) is 0. The van der Waals surface area contributed by atoms with Crippen molar-refractivity contribution in [3.63, 3.8) is 0 Å². The highest BCUT2D eigenvalue weighted by Crippen LogP contribution is 2.20. The Hall–Kier alpha value is -2.47. The third-order valence-electron chi connectivity index (χ3n) is 2.88. The van der Waals surface area contributed by atoms with E-state index in [9.17, 15) is 14.3 Å². The maximum Gasteiger partial charge on any atom is 0.228 e. The lowest BCUT2D eigenvalue weighted by molar-refractivity contribution is -0.115. The van der Waals surface area contributed by atoms with Crippen LogP contribution in [0.4, 0.5) is 10.1 Å². The molecule has 2 rings (SSSR count). The number of phenols is 1. The van der Waals surface area contributed by atoms with E-state index in [1.54, 1.807) is 18.2 Å². The highest BCUT2D eigenvalue weighted by molar-refractivity contribution is 7.80. The van der Waals surface area contributed by atoms with Gasteiger partial charge in [0.1, 0.15) is 16.6 Å². The Morgan fingerprint density at radius 1 is 1.24 bits per heavy atom. The maximum absolute atomic E-state index is 13.7. The molecule has 0 aliphatic carbocycles. The van der Waals surface area contributed by atoms with Crippen LogP contribution in [-0.2, 0) is 11.2 Å². The average Bonchev–Trinajstić information content (AvgIpc) is 2.41. The number of benzene rings is 2. The van der Waals surface area contributed by atoms with Crippen molar-refractivity contribution in [3.8, 4) is 5.75 Å². The van der Waals surface area contributed by atoms with Gasteiger partial charge in [-0.3, -0.25) is 4.79 Å². The number of carbonyl (C=O) groups excluding carboxylic acids is 1. The molecule has 0 radical (unpaired) electrons. The fourth-order valence-corrected chi connectivity index (χ4v) is 2.11. The Balaban J connectivity index is 2.19. The molecule has 0 spiro atoms. The van der Waals surface area contributed by atoms with E-state index < -0.39 is 11.7 Å². The van der Waals surface area contributed by atoms with Gasteiger partial charge in [-0.1, -0.05) is 36.5 Å². The van der Waals surface area contributed by atoms with Crippen molar-refractivity contribution in [1.82, 2.24) is 0 Å². The first kappa shape index (κ1) is 14.9. The molecule has 21 heavy (non-hydrogen) atoms. The number of hydrogen-bond donors (Lipinski definition) is 3. The van der Waals surface area contributed by atoms with Gasteiger partial charge >= 0.3 is 0 Å². The van der Waals surface area contributed by atoms with Gasteiger partial charge in [-0.25, -0.2) is 4.39 Å². The Morgan fingerprint density at radius 2 is 1.95 bits per heavy atom. The van der Waals surface area contributed by atoms with E-state index in [1.807, 2.05) is 0 Å². The molecule has 1 amide bonds. The van der Waals surface area contributed by atoms with Crippen molar-refractivity contribution in [1.29, 1.82) is 0 Å². The van der Waals surface area contributed by atoms with E-state index in [4.69, 9.17) is 18.0 Å². The predicted molar refractivity (Wildman–Crippen MR) is 82.7 cm³/mol. The molecule has 2 aromatic rings. The number of carbonyl (C=O) groups is 1. The average molecular weight is 304 g/mol. The number of thiocarbonyl (C=S) groups is 1. The van der Waals surface area contributed by atoms with Gasteiger partial charge in [0.05, 0.1) is 17.7 Å². The zero-order valence-electron chi connectivity index (χ0n) is 11.0. The summed E-state index contributed by atoms with van der Waals surface area (Å²) in [5.74, 6) is -0.969. The number of para-hydroxylation sites is 1. The number of nitrogens with one attached hydrogen (secondary N) is 1. The van der Waals surface area contributed by atoms with E-state index in [2.05, 4.69) is 5.32 Å². The Labute approximate surface area is 126 Å². The van der Waals surface area contributed by atoms with Crippen LogP contribution in [0.15, 0.2) is 42.5 Å². The van der Waals surface area contributed by atoms with Gasteiger partial charge in [0.15, 0.2) is 0 Å². The minimum absolute atomic E-state index is 0.00173. The summed E-state index contributed by atoms with van der Waals surface area (Å²) in [5.41, 5.74) is 6.15. The fourth-order valence-electron chi connectivity index (χ4n) is 1.91. The van der Waals surface area contributed by atoms with Crippen LogP contribution in [0.5, 0.6) is 5.75 Å². The van der Waals surface area contributed by atoms with Crippen molar-refractivity contribution in [2.45, 2.75) is 6.42 Å². The number of hydrogen-bond acceptors (Lipinski definition) is 3. The lowest BCUT2D eigenvalue weighted by Gasteiger charge is -2.11. The maximum atomic E-state index is 13.7. The molecule has 108 valence electrons. The van der Waals surface area contributed by atoms with Gasteiger partial charge in [-0.2, -0.15) is 0 Å². The van der Waals surface area contributed by atoms with E-state index in [-0.39, 0.29) is 28.4 Å². The second-order valence-electron chi connectivity index (χ2n) is 4.38. The third-order valence-corrected chi connectivity index (χ3v) is 3.08. The van der Waals surface area contributed by atoms with Crippen LogP contribution in [-0.4, -0.2) is 16.0 Å². The molecular weight excluding hydrogens is 291 g/mol. The molecule has 4 nitrogen and oxygen atoms in total. The minimum atomic E-state index is -0.595. The zero-order chi connectivity index (χ0) is 15.4. The van der Waals surface area contributed by atoms with Crippen LogP contribution in [0.2, 0.25) is 0 Å². The lowest BCUT2D eigenvalue weighted by Crippen LogP contribution is -2.20. The molecule has 0 saturated carbocycles. The molecule has 2 aromatic carbocycles. The Morgan fingerprint density at radius 3 is 2.62 bits per heavy atom. The van der Waals surface area contributed by atoms with Crippen molar-refractivity contribution in [3.05, 3.63) is 59.4 Å². The van der Waals surface area contributed by atoms with E-state index >= 15 is 0 Å². The van der Waals surface area contributed by atoms with Crippen LogP contribution in [0.25, 0.3) is 0 Å². The van der Waals surface area contributed by atoms with Crippen LogP contribution < -0.4 is 11.1 Å². The Kier molecular flexibility index (Phi) is 4.49. The molecule has 6 heteroatoms. The highest BCUT2D eigenvalue weighted by atomic mass is 32.1. The number of aromatic hydroxyl groups is 1. The number of anilines is 1. The van der Waals surface area contributed by atoms with Crippen molar-refractivity contribution in [2.24, 2.45) is 5.73 Å². The van der Waals surface area contributed by atoms with Gasteiger partial charge in [0, 0.05) is 5.56 Å². The monoisotopic (exact) mass is 304 g/mol. The van der Waals surface area contributed by atoms with E-state index in [0.717, 1.165) is 0 Å². The summed E-state index contributed by atoms with van der Waals surface area (Å²) >= 11 is 4.79. The molecule has 0 aliphatic heterocycles. The SMILES string of the molecule is NC(=S)c1c(F)cccc1NC(=O)Cc1ccccc1O. The highest BCUT2D eigenvalue weighted by Gasteiger charge is 2.14. The molecule has 0 atom stereocenters. The molecule has 0 aromatic heterocycles. The normalized spacial score (nSPS) is 10.1. The first-order chi connectivity index (χ1) is 9.99. The van der Waals surface area contributed by atoms with Crippen molar-refractivity contribution < 1.29 is 14.3 Å². The second-order valence-corrected chi connectivity index (χ2v) is 4.82. The standard InChI is InChI=1S/C15H13FN2O2S/c16-10-5-3-6-11(14(10)15(17)21)18-13(20)8-9-4-1-2-7-12(9)19/h1-7,19H,8H2,(H2,17,21)(H,18,20).